The van der Waals surface area contributed by atoms with E-state index in [1.165, 1.54) is 17.0 Å². The van der Waals surface area contributed by atoms with Gasteiger partial charge in [0.05, 0.1) is 0 Å². The molecular weight excluding hydrogens is 251 g/mol. The van der Waals surface area contributed by atoms with Gasteiger partial charge in [-0.05, 0) is 36.1 Å². The molecule has 0 aliphatic rings. The van der Waals surface area contributed by atoms with Crippen LogP contribution in [0.3, 0.4) is 0 Å². The van der Waals surface area contributed by atoms with E-state index in [9.17, 15) is 4.39 Å². The Morgan fingerprint density at radius 1 is 1.15 bits per heavy atom. The summed E-state index contributed by atoms with van der Waals surface area (Å²) in [5.74, 6) is -0.160. The summed E-state index contributed by atoms with van der Waals surface area (Å²) in [7, 11) is 0. The minimum Gasteiger partial charge on any atom is -0.361 e. The van der Waals surface area contributed by atoms with Crippen LogP contribution in [0, 0.1) is 5.82 Å². The SMILES string of the molecule is CC(NCc1ccc2cc[nH]c2c1)c1ccccc1F. The quantitative estimate of drug-likeness (QED) is 0.730. The van der Waals surface area contributed by atoms with Crippen LogP contribution in [0.25, 0.3) is 10.9 Å². The van der Waals surface area contributed by atoms with Gasteiger partial charge in [0.25, 0.3) is 0 Å². The first-order valence-electron chi connectivity index (χ1n) is 6.78. The molecule has 0 bridgehead atoms. The van der Waals surface area contributed by atoms with Gasteiger partial charge >= 0.3 is 0 Å². The number of nitrogens with one attached hydrogen (secondary N) is 2. The molecule has 3 heteroatoms. The molecular formula is C17H17FN2. The van der Waals surface area contributed by atoms with Gasteiger partial charge in [-0.3, -0.25) is 0 Å². The molecule has 0 aliphatic heterocycles. The molecule has 0 radical (unpaired) electrons. The van der Waals surface area contributed by atoms with Crippen LogP contribution in [0.2, 0.25) is 0 Å². The van der Waals surface area contributed by atoms with Crippen molar-refractivity contribution >= 4 is 10.9 Å². The number of H-pyrrole nitrogens is 1. The number of aromatic nitrogens is 1. The van der Waals surface area contributed by atoms with Crippen LogP contribution in [0.1, 0.15) is 24.1 Å². The molecule has 0 saturated heterocycles. The zero-order chi connectivity index (χ0) is 13.9. The van der Waals surface area contributed by atoms with Crippen LogP contribution in [0.4, 0.5) is 4.39 Å². The maximum Gasteiger partial charge on any atom is 0.127 e. The topological polar surface area (TPSA) is 27.8 Å². The maximum atomic E-state index is 13.7. The highest BCUT2D eigenvalue weighted by Crippen LogP contribution is 2.18. The van der Waals surface area contributed by atoms with Crippen molar-refractivity contribution in [1.82, 2.24) is 10.3 Å². The molecule has 0 saturated carbocycles. The standard InChI is InChI=1S/C17H17FN2/c1-12(15-4-2-3-5-16(15)18)20-11-13-6-7-14-8-9-19-17(14)10-13/h2-10,12,19-20H,11H2,1H3. The molecule has 102 valence electrons. The van der Waals surface area contributed by atoms with Crippen LogP contribution < -0.4 is 5.32 Å². The van der Waals surface area contributed by atoms with Crippen molar-refractivity contribution < 1.29 is 4.39 Å². The van der Waals surface area contributed by atoms with Crippen LogP contribution >= 0.6 is 0 Å². The smallest absolute Gasteiger partial charge is 0.127 e. The van der Waals surface area contributed by atoms with Gasteiger partial charge in [-0.1, -0.05) is 30.3 Å². The number of rotatable bonds is 4. The van der Waals surface area contributed by atoms with Crippen molar-refractivity contribution in [2.75, 3.05) is 0 Å². The number of hydrogen-bond donors (Lipinski definition) is 2. The van der Waals surface area contributed by atoms with Crippen molar-refractivity contribution in [2.45, 2.75) is 19.5 Å². The summed E-state index contributed by atoms with van der Waals surface area (Å²) >= 11 is 0. The fourth-order valence-electron chi connectivity index (χ4n) is 2.41. The number of fused-ring (bicyclic) bond motifs is 1. The predicted molar refractivity (Wildman–Crippen MR) is 80.0 cm³/mol. The lowest BCUT2D eigenvalue weighted by atomic mass is 10.1. The lowest BCUT2D eigenvalue weighted by molar-refractivity contribution is 0.528. The lowest BCUT2D eigenvalue weighted by Crippen LogP contribution is -2.19. The molecule has 0 fully saturated rings. The summed E-state index contributed by atoms with van der Waals surface area (Å²) < 4.78 is 13.7. The summed E-state index contributed by atoms with van der Waals surface area (Å²) in [6, 6.07) is 15.2. The molecule has 1 atom stereocenters. The minimum absolute atomic E-state index is 0.0180. The van der Waals surface area contributed by atoms with E-state index in [-0.39, 0.29) is 11.9 Å². The minimum atomic E-state index is -0.160. The molecule has 1 unspecified atom stereocenters. The second kappa shape index (κ2) is 5.47. The second-order valence-corrected chi connectivity index (χ2v) is 5.02. The van der Waals surface area contributed by atoms with Crippen molar-refractivity contribution in [3.8, 4) is 0 Å². The molecule has 0 amide bonds. The van der Waals surface area contributed by atoms with Crippen molar-refractivity contribution in [3.05, 3.63) is 71.7 Å². The number of aromatic amines is 1. The Morgan fingerprint density at radius 2 is 2.00 bits per heavy atom. The fourth-order valence-corrected chi connectivity index (χ4v) is 2.41. The molecule has 1 aromatic heterocycles. The van der Waals surface area contributed by atoms with Gasteiger partial charge in [-0.2, -0.15) is 0 Å². The highest BCUT2D eigenvalue weighted by molar-refractivity contribution is 5.79. The van der Waals surface area contributed by atoms with E-state index in [1.54, 1.807) is 6.07 Å². The predicted octanol–water partition coefficient (Wildman–Crippen LogP) is 4.16. The van der Waals surface area contributed by atoms with Crippen molar-refractivity contribution in [3.63, 3.8) is 0 Å². The van der Waals surface area contributed by atoms with Crippen LogP contribution in [-0.2, 0) is 6.54 Å². The summed E-state index contributed by atoms with van der Waals surface area (Å²) in [5.41, 5.74) is 3.01. The van der Waals surface area contributed by atoms with Gasteiger partial charge in [0.1, 0.15) is 5.82 Å². The molecule has 2 N–H and O–H groups in total. The highest BCUT2D eigenvalue weighted by Gasteiger charge is 2.09. The molecule has 2 aromatic carbocycles. The first kappa shape index (κ1) is 12.9. The van der Waals surface area contributed by atoms with Gasteiger partial charge in [-0.25, -0.2) is 4.39 Å². The summed E-state index contributed by atoms with van der Waals surface area (Å²) in [4.78, 5) is 3.20. The van der Waals surface area contributed by atoms with Gasteiger partial charge in [-0.15, -0.1) is 0 Å². The average Bonchev–Trinajstić information content (AvgIpc) is 2.92. The van der Waals surface area contributed by atoms with Gasteiger partial charge in [0.15, 0.2) is 0 Å². The molecule has 3 rings (SSSR count). The Hall–Kier alpha value is -2.13. The number of hydrogen-bond acceptors (Lipinski definition) is 1. The van der Waals surface area contributed by atoms with Crippen molar-refractivity contribution in [2.24, 2.45) is 0 Å². The molecule has 2 nitrogen and oxygen atoms in total. The van der Waals surface area contributed by atoms with Crippen LogP contribution in [0.15, 0.2) is 54.7 Å². The average molecular weight is 268 g/mol. The van der Waals surface area contributed by atoms with E-state index >= 15 is 0 Å². The first-order chi connectivity index (χ1) is 9.74. The van der Waals surface area contributed by atoms with E-state index in [2.05, 4.69) is 34.6 Å². The zero-order valence-corrected chi connectivity index (χ0v) is 11.4. The fraction of sp³-hybridized carbons (Fsp3) is 0.176. The van der Waals surface area contributed by atoms with Crippen molar-refractivity contribution in [1.29, 1.82) is 0 Å². The van der Waals surface area contributed by atoms with Gasteiger partial charge in [0, 0.05) is 29.9 Å². The third-order valence-electron chi connectivity index (χ3n) is 3.60. The molecule has 3 aromatic rings. The van der Waals surface area contributed by atoms with E-state index in [0.29, 0.717) is 12.1 Å². The van der Waals surface area contributed by atoms with Gasteiger partial charge in [0.2, 0.25) is 0 Å². The van der Waals surface area contributed by atoms with Crippen LogP contribution in [-0.4, -0.2) is 4.98 Å². The summed E-state index contributed by atoms with van der Waals surface area (Å²) in [6.07, 6.45) is 1.93. The highest BCUT2D eigenvalue weighted by atomic mass is 19.1. The van der Waals surface area contributed by atoms with Gasteiger partial charge < -0.3 is 10.3 Å². The Morgan fingerprint density at radius 3 is 2.85 bits per heavy atom. The second-order valence-electron chi connectivity index (χ2n) is 5.02. The Bertz CT molecular complexity index is 718. The Balaban J connectivity index is 1.71. The molecule has 20 heavy (non-hydrogen) atoms. The van der Waals surface area contributed by atoms with E-state index in [1.807, 2.05) is 25.3 Å². The van der Waals surface area contributed by atoms with E-state index in [0.717, 1.165) is 5.52 Å². The first-order valence-corrected chi connectivity index (χ1v) is 6.78. The molecule has 0 aliphatic carbocycles. The van der Waals surface area contributed by atoms with E-state index < -0.39 is 0 Å². The lowest BCUT2D eigenvalue weighted by Gasteiger charge is -2.15. The maximum absolute atomic E-state index is 13.7. The molecule has 0 spiro atoms. The number of halogens is 1. The zero-order valence-electron chi connectivity index (χ0n) is 11.4. The summed E-state index contributed by atoms with van der Waals surface area (Å²) in [5, 5.41) is 4.56. The third kappa shape index (κ3) is 2.58. The Labute approximate surface area is 117 Å². The summed E-state index contributed by atoms with van der Waals surface area (Å²) in [6.45, 7) is 2.69. The Kier molecular flexibility index (Phi) is 3.52. The third-order valence-corrected chi connectivity index (χ3v) is 3.60. The number of benzene rings is 2. The normalized spacial score (nSPS) is 12.7. The largest absolute Gasteiger partial charge is 0.361 e. The monoisotopic (exact) mass is 268 g/mol. The van der Waals surface area contributed by atoms with Crippen LogP contribution in [0.5, 0.6) is 0 Å². The molecule has 1 heterocycles. The van der Waals surface area contributed by atoms with E-state index in [4.69, 9.17) is 0 Å².